The fourth-order valence-corrected chi connectivity index (χ4v) is 8.51. The van der Waals surface area contributed by atoms with Crippen molar-refractivity contribution in [2.24, 2.45) is 23.2 Å². The Labute approximate surface area is 198 Å². The van der Waals surface area contributed by atoms with Gasteiger partial charge in [-0.3, -0.25) is 14.2 Å². The molecule has 2 aromatic heterocycles. The van der Waals surface area contributed by atoms with E-state index in [1.165, 1.54) is 60.8 Å². The van der Waals surface area contributed by atoms with Gasteiger partial charge in [0.1, 0.15) is 11.4 Å². The SMILES string of the molecule is Cc1sc2ncn(CC(=O)NC(C)C34CC5CC(CC(C5)C3)C4)c(=O)c2c1-c1ccccc1. The van der Waals surface area contributed by atoms with Crippen molar-refractivity contribution in [2.75, 3.05) is 0 Å². The summed E-state index contributed by atoms with van der Waals surface area (Å²) in [4.78, 5) is 32.8. The van der Waals surface area contributed by atoms with E-state index < -0.39 is 0 Å². The minimum atomic E-state index is -0.138. The summed E-state index contributed by atoms with van der Waals surface area (Å²) in [5, 5.41) is 3.91. The average Bonchev–Trinajstić information content (AvgIpc) is 3.12. The molecule has 0 saturated heterocycles. The lowest BCUT2D eigenvalue weighted by Crippen LogP contribution is -2.56. The lowest BCUT2D eigenvalue weighted by Gasteiger charge is -2.59. The normalized spacial score (nSPS) is 28.8. The average molecular weight is 462 g/mol. The van der Waals surface area contributed by atoms with Gasteiger partial charge in [-0.25, -0.2) is 4.98 Å². The van der Waals surface area contributed by atoms with Crippen molar-refractivity contribution < 1.29 is 4.79 Å². The highest BCUT2D eigenvalue weighted by Crippen LogP contribution is 2.61. The highest BCUT2D eigenvalue weighted by atomic mass is 32.1. The summed E-state index contributed by atoms with van der Waals surface area (Å²) in [5.41, 5.74) is 2.06. The van der Waals surface area contributed by atoms with Gasteiger partial charge in [-0.1, -0.05) is 30.3 Å². The number of fused-ring (bicyclic) bond motifs is 1. The minimum Gasteiger partial charge on any atom is -0.352 e. The molecule has 1 N–H and O–H groups in total. The molecule has 4 fully saturated rings. The van der Waals surface area contributed by atoms with Gasteiger partial charge in [-0.05, 0) is 81.1 Å². The van der Waals surface area contributed by atoms with Crippen LogP contribution in [-0.4, -0.2) is 21.5 Å². The molecule has 172 valence electrons. The number of aryl methyl sites for hydroxylation is 1. The second kappa shape index (κ2) is 7.79. The van der Waals surface area contributed by atoms with E-state index in [2.05, 4.69) is 17.2 Å². The van der Waals surface area contributed by atoms with E-state index >= 15 is 0 Å². The van der Waals surface area contributed by atoms with Gasteiger partial charge in [0.25, 0.3) is 5.56 Å². The van der Waals surface area contributed by atoms with Crippen LogP contribution in [0.4, 0.5) is 0 Å². The fourth-order valence-electron chi connectivity index (χ4n) is 7.51. The molecule has 6 heteroatoms. The third-order valence-corrected chi connectivity index (χ3v) is 9.63. The van der Waals surface area contributed by atoms with E-state index in [0.717, 1.165) is 38.6 Å². The third-order valence-electron chi connectivity index (χ3n) is 8.61. The van der Waals surface area contributed by atoms with E-state index in [9.17, 15) is 9.59 Å². The molecule has 4 aliphatic carbocycles. The summed E-state index contributed by atoms with van der Waals surface area (Å²) in [6, 6.07) is 10.1. The van der Waals surface area contributed by atoms with Crippen LogP contribution in [-0.2, 0) is 11.3 Å². The van der Waals surface area contributed by atoms with Crippen molar-refractivity contribution in [3.63, 3.8) is 0 Å². The molecule has 4 bridgehead atoms. The molecule has 1 unspecified atom stereocenters. The minimum absolute atomic E-state index is 0.0155. The van der Waals surface area contributed by atoms with E-state index in [1.807, 2.05) is 37.3 Å². The third kappa shape index (κ3) is 3.54. The molecule has 1 atom stereocenters. The first kappa shape index (κ1) is 21.1. The Kier molecular flexibility index (Phi) is 4.98. The fraction of sp³-hybridized carbons (Fsp3) is 0.519. The lowest BCUT2D eigenvalue weighted by molar-refractivity contribution is -0.126. The Morgan fingerprint density at radius 2 is 1.79 bits per heavy atom. The van der Waals surface area contributed by atoms with Gasteiger partial charge in [-0.2, -0.15) is 0 Å². The molecule has 2 heterocycles. The first-order chi connectivity index (χ1) is 15.9. The van der Waals surface area contributed by atoms with Crippen LogP contribution >= 0.6 is 11.3 Å². The molecule has 5 nitrogen and oxygen atoms in total. The zero-order chi connectivity index (χ0) is 22.7. The summed E-state index contributed by atoms with van der Waals surface area (Å²) in [7, 11) is 0. The van der Waals surface area contributed by atoms with Crippen LogP contribution in [0.25, 0.3) is 21.3 Å². The highest BCUT2D eigenvalue weighted by Gasteiger charge is 2.53. The summed E-state index contributed by atoms with van der Waals surface area (Å²) >= 11 is 1.53. The summed E-state index contributed by atoms with van der Waals surface area (Å²) in [6.45, 7) is 4.23. The molecule has 0 spiro atoms. The number of aromatic nitrogens is 2. The number of rotatable bonds is 5. The van der Waals surface area contributed by atoms with Crippen LogP contribution in [0.1, 0.15) is 50.3 Å². The molecule has 3 aromatic rings. The van der Waals surface area contributed by atoms with E-state index in [-0.39, 0.29) is 29.5 Å². The number of hydrogen-bond donors (Lipinski definition) is 1. The van der Waals surface area contributed by atoms with Gasteiger partial charge in [0, 0.05) is 16.5 Å². The first-order valence-corrected chi connectivity index (χ1v) is 13.1. The predicted molar refractivity (Wildman–Crippen MR) is 132 cm³/mol. The number of hydrogen-bond acceptors (Lipinski definition) is 4. The smallest absolute Gasteiger partial charge is 0.263 e. The van der Waals surface area contributed by atoms with Gasteiger partial charge in [0.15, 0.2) is 0 Å². The Bertz CT molecular complexity index is 1240. The van der Waals surface area contributed by atoms with E-state index in [4.69, 9.17) is 0 Å². The molecular weight excluding hydrogens is 430 g/mol. The zero-order valence-corrected chi connectivity index (χ0v) is 20.2. The van der Waals surface area contributed by atoms with Gasteiger partial charge in [-0.15, -0.1) is 11.3 Å². The van der Waals surface area contributed by atoms with Crippen LogP contribution < -0.4 is 10.9 Å². The molecule has 0 aliphatic heterocycles. The molecule has 1 amide bonds. The molecule has 1 aromatic carbocycles. The summed E-state index contributed by atoms with van der Waals surface area (Å²) in [6.07, 6.45) is 9.47. The molecule has 33 heavy (non-hydrogen) atoms. The molecule has 4 saturated carbocycles. The number of nitrogens with zero attached hydrogens (tertiary/aromatic N) is 2. The Hall–Kier alpha value is -2.47. The van der Waals surface area contributed by atoms with Crippen molar-refractivity contribution in [1.29, 1.82) is 0 Å². The van der Waals surface area contributed by atoms with Crippen molar-refractivity contribution in [2.45, 2.75) is 65.0 Å². The number of thiophene rings is 1. The monoisotopic (exact) mass is 461 g/mol. The van der Waals surface area contributed by atoms with Crippen LogP contribution in [0.2, 0.25) is 0 Å². The van der Waals surface area contributed by atoms with Crippen LogP contribution in [0.5, 0.6) is 0 Å². The number of nitrogens with one attached hydrogen (secondary N) is 1. The van der Waals surface area contributed by atoms with Gasteiger partial charge in [0.05, 0.1) is 11.7 Å². The second-order valence-corrected chi connectivity index (χ2v) is 12.0. The zero-order valence-electron chi connectivity index (χ0n) is 19.3. The van der Waals surface area contributed by atoms with Crippen LogP contribution in [0.3, 0.4) is 0 Å². The van der Waals surface area contributed by atoms with Crippen LogP contribution in [0.15, 0.2) is 41.5 Å². The standard InChI is InChI=1S/C27H31N3O2S/c1-16-23(21-6-4-3-5-7-21)24-25(33-16)28-15-30(26(24)32)14-22(31)29-17(2)27-11-18-8-19(12-27)10-20(9-18)13-27/h3-7,15,17-20H,8-14H2,1-2H3,(H,29,31). The molecule has 4 aliphatic rings. The molecule has 0 radical (unpaired) electrons. The van der Waals surface area contributed by atoms with Crippen molar-refractivity contribution in [1.82, 2.24) is 14.9 Å². The van der Waals surface area contributed by atoms with Crippen molar-refractivity contribution in [3.8, 4) is 11.1 Å². The predicted octanol–water partition coefficient (Wildman–Crippen LogP) is 5.15. The maximum atomic E-state index is 13.4. The van der Waals surface area contributed by atoms with Crippen LogP contribution in [0, 0.1) is 30.1 Å². The van der Waals surface area contributed by atoms with Crippen molar-refractivity contribution >= 4 is 27.5 Å². The highest BCUT2D eigenvalue weighted by molar-refractivity contribution is 7.19. The number of carbonyl (C=O) groups is 1. The second-order valence-electron chi connectivity index (χ2n) is 10.8. The van der Waals surface area contributed by atoms with E-state index in [1.54, 1.807) is 0 Å². The maximum Gasteiger partial charge on any atom is 0.263 e. The maximum absolute atomic E-state index is 13.4. The summed E-state index contributed by atoms with van der Waals surface area (Å²) in [5.74, 6) is 2.46. The Morgan fingerprint density at radius 1 is 1.15 bits per heavy atom. The number of amides is 1. The van der Waals surface area contributed by atoms with Gasteiger partial charge in [0.2, 0.25) is 5.91 Å². The van der Waals surface area contributed by atoms with Gasteiger partial charge < -0.3 is 5.32 Å². The summed E-state index contributed by atoms with van der Waals surface area (Å²) < 4.78 is 1.47. The quantitative estimate of drug-likeness (QED) is 0.571. The van der Waals surface area contributed by atoms with E-state index in [0.29, 0.717) is 5.39 Å². The topological polar surface area (TPSA) is 64.0 Å². The Balaban J connectivity index is 1.25. The number of benzene rings is 1. The molecular formula is C27H31N3O2S. The van der Waals surface area contributed by atoms with Crippen molar-refractivity contribution in [3.05, 3.63) is 51.9 Å². The first-order valence-electron chi connectivity index (χ1n) is 12.3. The van der Waals surface area contributed by atoms with Gasteiger partial charge >= 0.3 is 0 Å². The Morgan fingerprint density at radius 3 is 2.42 bits per heavy atom. The lowest BCUT2D eigenvalue weighted by atomic mass is 9.48. The molecule has 7 rings (SSSR count). The largest absolute Gasteiger partial charge is 0.352 e. The number of carbonyl (C=O) groups excluding carboxylic acids is 1.